The molecule has 13 heteroatoms. The minimum Gasteiger partial charge on any atom is -0.456 e. The van der Waals surface area contributed by atoms with Gasteiger partial charge in [-0.25, -0.2) is 9.11 Å². The van der Waals surface area contributed by atoms with E-state index in [0.29, 0.717) is 3.57 Å². The molecule has 0 bridgehead atoms. The molecule has 0 aliphatic heterocycles. The van der Waals surface area contributed by atoms with E-state index in [2.05, 4.69) is 14.8 Å². The van der Waals surface area contributed by atoms with Crippen LogP contribution in [0.15, 0.2) is 47.3 Å². The molecule has 10 nitrogen and oxygen atoms in total. The molecule has 4 rings (SSSR count). The molecule has 1 aromatic heterocycles. The monoisotopic (exact) mass is 655 g/mol. The molecule has 2 aromatic carbocycles. The van der Waals surface area contributed by atoms with E-state index in [9.17, 15) is 22.4 Å². The van der Waals surface area contributed by atoms with Crippen molar-refractivity contribution in [2.45, 2.75) is 25.8 Å². The summed E-state index contributed by atoms with van der Waals surface area (Å²) in [7, 11) is 0.567. The molecule has 0 saturated heterocycles. The summed E-state index contributed by atoms with van der Waals surface area (Å²) >= 11 is 2.00. The number of aromatic nitrogens is 1. The fourth-order valence-electron chi connectivity index (χ4n) is 3.93. The maximum absolute atomic E-state index is 15.0. The highest BCUT2D eigenvalue weighted by Gasteiger charge is 2.32. The summed E-state index contributed by atoms with van der Waals surface area (Å²) in [6.45, 7) is 1.54. The number of benzene rings is 2. The molecule has 1 aliphatic carbocycles. The minimum absolute atomic E-state index is 0.000338. The first-order valence-corrected chi connectivity index (χ1v) is 14.2. The smallest absolute Gasteiger partial charge is 0.298 e. The van der Waals surface area contributed by atoms with Crippen molar-refractivity contribution in [3.05, 3.63) is 73.3 Å². The molecule has 1 fully saturated rings. The topological polar surface area (TPSA) is 122 Å². The zero-order chi connectivity index (χ0) is 27.8. The fraction of sp³-hybridized carbons (Fsp3) is 0.280. The molecule has 0 atom stereocenters. The van der Waals surface area contributed by atoms with E-state index >= 15 is 0 Å². The van der Waals surface area contributed by atoms with Gasteiger partial charge in [0.1, 0.15) is 22.9 Å². The van der Waals surface area contributed by atoms with Crippen LogP contribution in [-0.4, -0.2) is 39.0 Å². The highest BCUT2D eigenvalue weighted by Crippen LogP contribution is 2.38. The van der Waals surface area contributed by atoms with Gasteiger partial charge >= 0.3 is 0 Å². The van der Waals surface area contributed by atoms with Crippen molar-refractivity contribution in [3.63, 3.8) is 0 Å². The van der Waals surface area contributed by atoms with Gasteiger partial charge in [-0.05, 0) is 72.7 Å². The van der Waals surface area contributed by atoms with Crippen molar-refractivity contribution >= 4 is 55.9 Å². The number of pyridine rings is 1. The van der Waals surface area contributed by atoms with Gasteiger partial charge in [0.2, 0.25) is 0 Å². The van der Waals surface area contributed by atoms with Crippen molar-refractivity contribution in [2.24, 2.45) is 7.05 Å². The number of nitrogens with one attached hydrogen (secondary N) is 3. The zero-order valence-electron chi connectivity index (χ0n) is 21.1. The van der Waals surface area contributed by atoms with Crippen molar-refractivity contribution in [1.82, 2.24) is 14.6 Å². The number of hydrogen-bond acceptors (Lipinski definition) is 6. The molecular weight excluding hydrogens is 628 g/mol. The predicted octanol–water partition coefficient (Wildman–Crippen LogP) is 3.77. The quantitative estimate of drug-likeness (QED) is 0.302. The van der Waals surface area contributed by atoms with E-state index in [1.54, 1.807) is 31.3 Å². The Morgan fingerprint density at radius 1 is 1.21 bits per heavy atom. The molecule has 202 valence electrons. The molecule has 3 N–H and O–H groups in total. The second-order valence-electron chi connectivity index (χ2n) is 8.86. The Balaban J connectivity index is 1.88. The molecule has 0 radical (unpaired) electrons. The SMILES string of the molecule is CNS(=O)(=O)Nc1cccc(Oc2c(C(=O)NC3CC3)c(N(C)c3ccc(I)cc3F)n(C)c(=O)c2C)c1. The lowest BCUT2D eigenvalue weighted by Gasteiger charge is -2.27. The molecule has 3 aromatic rings. The van der Waals surface area contributed by atoms with E-state index in [1.165, 1.54) is 48.7 Å². The van der Waals surface area contributed by atoms with E-state index in [-0.39, 0.29) is 45.9 Å². The summed E-state index contributed by atoms with van der Waals surface area (Å²) in [6, 6.07) is 10.7. The summed E-state index contributed by atoms with van der Waals surface area (Å²) < 4.78 is 51.5. The average molecular weight is 655 g/mol. The Morgan fingerprint density at radius 3 is 2.55 bits per heavy atom. The van der Waals surface area contributed by atoms with E-state index in [0.717, 1.165) is 12.8 Å². The molecule has 1 amide bonds. The van der Waals surface area contributed by atoms with Crippen molar-refractivity contribution < 1.29 is 22.3 Å². The number of carbonyl (C=O) groups excluding carboxylic acids is 1. The van der Waals surface area contributed by atoms with Gasteiger partial charge in [-0.2, -0.15) is 8.42 Å². The van der Waals surface area contributed by atoms with Crippen LogP contribution in [0, 0.1) is 16.3 Å². The molecule has 1 saturated carbocycles. The predicted molar refractivity (Wildman–Crippen MR) is 152 cm³/mol. The maximum atomic E-state index is 15.0. The van der Waals surface area contributed by atoms with Gasteiger partial charge in [0.15, 0.2) is 5.75 Å². The van der Waals surface area contributed by atoms with Crippen molar-refractivity contribution in [3.8, 4) is 11.5 Å². The van der Waals surface area contributed by atoms with Gasteiger partial charge < -0.3 is 15.0 Å². The van der Waals surface area contributed by atoms with Gasteiger partial charge in [-0.1, -0.05) is 6.07 Å². The summed E-state index contributed by atoms with van der Waals surface area (Å²) in [5.74, 6) is -0.672. The minimum atomic E-state index is -3.78. The normalized spacial score (nSPS) is 13.2. The standard InChI is InChI=1S/C25H27FIN5O5S/c1-14-22(37-18-7-5-6-17(13-18)30-38(35,36)28-2)21(23(33)29-16-9-10-16)24(32(4)25(14)34)31(3)20-11-8-15(27)12-19(20)26/h5-8,11-13,16,28,30H,9-10H2,1-4H3,(H,29,33). The first kappa shape index (κ1) is 27.9. The Bertz CT molecular complexity index is 1570. The Morgan fingerprint density at radius 2 is 1.92 bits per heavy atom. The van der Waals surface area contributed by atoms with Crippen LogP contribution in [0.1, 0.15) is 28.8 Å². The summed E-state index contributed by atoms with van der Waals surface area (Å²) in [4.78, 5) is 28.3. The number of nitrogens with zero attached hydrogens (tertiary/aromatic N) is 2. The van der Waals surface area contributed by atoms with Crippen LogP contribution in [0.5, 0.6) is 11.5 Å². The first-order chi connectivity index (χ1) is 17.9. The second kappa shape index (κ2) is 10.9. The maximum Gasteiger partial charge on any atom is 0.298 e. The zero-order valence-corrected chi connectivity index (χ0v) is 24.1. The number of carbonyl (C=O) groups is 1. The van der Waals surface area contributed by atoms with Crippen LogP contribution in [0.4, 0.5) is 21.6 Å². The van der Waals surface area contributed by atoms with Gasteiger partial charge in [0, 0.05) is 36.8 Å². The van der Waals surface area contributed by atoms with Crippen LogP contribution < -0.4 is 30.0 Å². The average Bonchev–Trinajstić information content (AvgIpc) is 3.67. The summed E-state index contributed by atoms with van der Waals surface area (Å²) in [5, 5.41) is 2.93. The van der Waals surface area contributed by atoms with Crippen molar-refractivity contribution in [1.29, 1.82) is 0 Å². The van der Waals surface area contributed by atoms with Crippen LogP contribution in [0.25, 0.3) is 0 Å². The summed E-state index contributed by atoms with van der Waals surface area (Å²) in [6.07, 6.45) is 1.66. The van der Waals surface area contributed by atoms with Crippen LogP contribution in [0.2, 0.25) is 0 Å². The Hall–Kier alpha value is -3.17. The second-order valence-corrected chi connectivity index (χ2v) is 11.7. The number of halogens is 2. The van der Waals surface area contributed by atoms with Crippen LogP contribution >= 0.6 is 22.6 Å². The third-order valence-electron chi connectivity index (χ3n) is 6.04. The third kappa shape index (κ3) is 5.94. The Labute approximate surface area is 233 Å². The number of rotatable bonds is 9. The number of anilines is 3. The van der Waals surface area contributed by atoms with Gasteiger partial charge in [-0.15, -0.1) is 0 Å². The first-order valence-electron chi connectivity index (χ1n) is 11.6. The fourth-order valence-corrected chi connectivity index (χ4v) is 4.92. The highest BCUT2D eigenvalue weighted by molar-refractivity contribution is 14.1. The molecule has 38 heavy (non-hydrogen) atoms. The van der Waals surface area contributed by atoms with Crippen LogP contribution in [-0.2, 0) is 17.3 Å². The lowest BCUT2D eigenvalue weighted by molar-refractivity contribution is 0.0948. The van der Waals surface area contributed by atoms with Gasteiger partial charge in [-0.3, -0.25) is 18.9 Å². The molecule has 0 spiro atoms. The van der Waals surface area contributed by atoms with Crippen LogP contribution in [0.3, 0.4) is 0 Å². The third-order valence-corrected chi connectivity index (χ3v) is 7.75. The highest BCUT2D eigenvalue weighted by atomic mass is 127. The number of hydrogen-bond donors (Lipinski definition) is 3. The van der Waals surface area contributed by atoms with Gasteiger partial charge in [0.25, 0.3) is 21.7 Å². The molecule has 1 aliphatic rings. The molecule has 0 unspecified atom stereocenters. The Kier molecular flexibility index (Phi) is 7.99. The summed E-state index contributed by atoms with van der Waals surface area (Å²) in [5.41, 5.74) is 0.149. The number of amides is 1. The van der Waals surface area contributed by atoms with E-state index < -0.39 is 27.5 Å². The molecular formula is C25H27FIN5O5S. The lowest BCUT2D eigenvalue weighted by Crippen LogP contribution is -2.34. The van der Waals surface area contributed by atoms with E-state index in [4.69, 9.17) is 4.74 Å². The lowest BCUT2D eigenvalue weighted by atomic mass is 10.1. The molecule has 1 heterocycles. The van der Waals surface area contributed by atoms with Crippen molar-refractivity contribution in [2.75, 3.05) is 23.7 Å². The number of ether oxygens (including phenoxy) is 1. The van der Waals surface area contributed by atoms with Gasteiger partial charge in [0.05, 0.1) is 16.9 Å². The van der Waals surface area contributed by atoms with E-state index in [1.807, 2.05) is 22.6 Å². The largest absolute Gasteiger partial charge is 0.456 e.